The van der Waals surface area contributed by atoms with E-state index in [9.17, 15) is 0 Å². The summed E-state index contributed by atoms with van der Waals surface area (Å²) in [7, 11) is 4.13. The molecule has 0 aromatic carbocycles. The second-order valence-electron chi connectivity index (χ2n) is 3.36. The Morgan fingerprint density at radius 2 is 2.21 bits per heavy atom. The fourth-order valence-corrected chi connectivity index (χ4v) is 1.69. The highest BCUT2D eigenvalue weighted by Crippen LogP contribution is 2.12. The van der Waals surface area contributed by atoms with E-state index in [0.717, 1.165) is 12.2 Å². The second-order valence-corrected chi connectivity index (χ2v) is 4.48. The summed E-state index contributed by atoms with van der Waals surface area (Å²) in [4.78, 5) is 2.15. The van der Waals surface area contributed by atoms with E-state index in [1.165, 1.54) is 12.8 Å². The molecule has 1 unspecified atom stereocenters. The largest absolute Gasteiger partial charge is 0.288 e. The third kappa shape index (κ3) is 7.06. The van der Waals surface area contributed by atoms with Gasteiger partial charge in [0.15, 0.2) is 0 Å². The Balaban J connectivity index is 3.92. The molecule has 0 bridgehead atoms. The number of unbranched alkanes of at least 4 members (excludes halogenated alkanes) is 2. The molecule has 0 saturated carbocycles. The average molecular weight is 211 g/mol. The van der Waals surface area contributed by atoms with Crippen LogP contribution in [-0.4, -0.2) is 30.1 Å². The third-order valence-electron chi connectivity index (χ3n) is 1.72. The normalized spacial score (nSPS) is 12.0. The molecule has 0 spiro atoms. The lowest BCUT2D eigenvalue weighted by molar-refractivity contribution is 0.435. The molecule has 0 fully saturated rings. The number of thioether (sulfide) groups is 1. The van der Waals surface area contributed by atoms with E-state index in [0.29, 0.717) is 5.37 Å². The topological polar surface area (TPSA) is 3.24 Å². The highest BCUT2D eigenvalue weighted by atomic mass is 32.2. The Morgan fingerprint density at radius 3 is 2.71 bits per heavy atom. The van der Waals surface area contributed by atoms with Crippen LogP contribution in [0.4, 0.5) is 0 Å². The first-order chi connectivity index (χ1) is 6.72. The van der Waals surface area contributed by atoms with E-state index in [4.69, 9.17) is 0 Å². The second kappa shape index (κ2) is 9.18. The average Bonchev–Trinajstić information content (AvgIpc) is 2.16. The molecular weight excluding hydrogens is 190 g/mol. The summed E-state index contributed by atoms with van der Waals surface area (Å²) in [5, 5.41) is 0.310. The van der Waals surface area contributed by atoms with Crippen LogP contribution in [0.3, 0.4) is 0 Å². The van der Waals surface area contributed by atoms with Crippen molar-refractivity contribution in [2.75, 3.05) is 19.8 Å². The number of hydrogen-bond acceptors (Lipinski definition) is 2. The van der Waals surface area contributed by atoms with Crippen LogP contribution in [0.5, 0.6) is 0 Å². The summed E-state index contributed by atoms with van der Waals surface area (Å²) >= 11 is 1.82. The number of rotatable bonds is 6. The van der Waals surface area contributed by atoms with Crippen LogP contribution in [0, 0.1) is 11.8 Å². The van der Waals surface area contributed by atoms with Crippen LogP contribution in [0.1, 0.15) is 26.2 Å². The lowest BCUT2D eigenvalue weighted by atomic mass is 10.2. The molecule has 2 heteroatoms. The van der Waals surface area contributed by atoms with Gasteiger partial charge in [0.25, 0.3) is 0 Å². The van der Waals surface area contributed by atoms with Crippen molar-refractivity contribution in [2.24, 2.45) is 0 Å². The van der Waals surface area contributed by atoms with E-state index >= 15 is 0 Å². The van der Waals surface area contributed by atoms with Crippen molar-refractivity contribution in [2.45, 2.75) is 31.6 Å². The molecule has 0 aliphatic heterocycles. The smallest absolute Gasteiger partial charge is 0.118 e. The summed E-state index contributed by atoms with van der Waals surface area (Å²) in [5.41, 5.74) is 0. The molecule has 0 heterocycles. The molecule has 0 radical (unpaired) electrons. The van der Waals surface area contributed by atoms with Crippen LogP contribution in [-0.2, 0) is 0 Å². The Labute approximate surface area is 92.9 Å². The van der Waals surface area contributed by atoms with Gasteiger partial charge < -0.3 is 0 Å². The summed E-state index contributed by atoms with van der Waals surface area (Å²) < 4.78 is 0. The molecule has 1 nitrogen and oxygen atoms in total. The zero-order valence-electron chi connectivity index (χ0n) is 9.55. The van der Waals surface area contributed by atoms with E-state index in [2.05, 4.69) is 44.3 Å². The summed E-state index contributed by atoms with van der Waals surface area (Å²) in [6.07, 6.45) is 5.38. The molecule has 0 saturated heterocycles. The van der Waals surface area contributed by atoms with Gasteiger partial charge in [-0.15, -0.1) is 24.3 Å². The molecule has 80 valence electrons. The van der Waals surface area contributed by atoms with Crippen LogP contribution in [0.2, 0.25) is 0 Å². The summed E-state index contributed by atoms with van der Waals surface area (Å²) in [6.45, 7) is 5.91. The number of hydrogen-bond donors (Lipinski definition) is 0. The van der Waals surface area contributed by atoms with Gasteiger partial charge in [0, 0.05) is 12.2 Å². The quantitative estimate of drug-likeness (QED) is 0.287. The zero-order valence-corrected chi connectivity index (χ0v) is 10.4. The van der Waals surface area contributed by atoms with Gasteiger partial charge in [0.05, 0.1) is 0 Å². The van der Waals surface area contributed by atoms with Gasteiger partial charge in [0.1, 0.15) is 5.37 Å². The molecular formula is C12H21NS. The monoisotopic (exact) mass is 211 g/mol. The molecule has 0 aromatic rings. The van der Waals surface area contributed by atoms with Gasteiger partial charge in [-0.3, -0.25) is 4.90 Å². The zero-order chi connectivity index (χ0) is 10.8. The molecule has 1 atom stereocenters. The van der Waals surface area contributed by atoms with Crippen molar-refractivity contribution in [3.63, 3.8) is 0 Å². The van der Waals surface area contributed by atoms with Gasteiger partial charge in [0.2, 0.25) is 0 Å². The van der Waals surface area contributed by atoms with Gasteiger partial charge in [-0.2, -0.15) is 0 Å². The molecule has 0 amide bonds. The Kier molecular flexibility index (Phi) is 8.92. The fraction of sp³-hybridized carbons (Fsp3) is 0.667. The van der Waals surface area contributed by atoms with Gasteiger partial charge in [-0.1, -0.05) is 25.3 Å². The Bertz CT molecular complexity index is 200. The van der Waals surface area contributed by atoms with Crippen molar-refractivity contribution >= 4 is 11.8 Å². The van der Waals surface area contributed by atoms with E-state index in [1.54, 1.807) is 0 Å². The SMILES string of the molecule is C=CCSC(C#CCCCC)N(C)C. The summed E-state index contributed by atoms with van der Waals surface area (Å²) in [5.74, 6) is 7.47. The minimum absolute atomic E-state index is 0.310. The minimum Gasteiger partial charge on any atom is -0.288 e. The maximum Gasteiger partial charge on any atom is 0.118 e. The predicted molar refractivity (Wildman–Crippen MR) is 67.4 cm³/mol. The van der Waals surface area contributed by atoms with Crippen molar-refractivity contribution in [1.82, 2.24) is 4.90 Å². The molecule has 0 aliphatic rings. The number of nitrogens with zero attached hydrogens (tertiary/aromatic N) is 1. The van der Waals surface area contributed by atoms with Crippen LogP contribution < -0.4 is 0 Å². The van der Waals surface area contributed by atoms with Crippen molar-refractivity contribution in [3.8, 4) is 11.8 Å². The molecule has 0 N–H and O–H groups in total. The highest BCUT2D eigenvalue weighted by Gasteiger charge is 2.05. The standard InChI is InChI=1S/C12H21NS/c1-5-7-8-9-10-12(13(3)4)14-11-6-2/h6,12H,2,5,7-8,11H2,1,3-4H3. The van der Waals surface area contributed by atoms with Crippen LogP contribution in [0.25, 0.3) is 0 Å². The van der Waals surface area contributed by atoms with Gasteiger partial charge in [-0.05, 0) is 20.5 Å². The molecule has 14 heavy (non-hydrogen) atoms. The molecule has 0 aromatic heterocycles. The highest BCUT2D eigenvalue weighted by molar-refractivity contribution is 8.00. The van der Waals surface area contributed by atoms with Crippen molar-refractivity contribution < 1.29 is 0 Å². The van der Waals surface area contributed by atoms with E-state index < -0.39 is 0 Å². The van der Waals surface area contributed by atoms with Crippen LogP contribution >= 0.6 is 11.8 Å². The lowest BCUT2D eigenvalue weighted by Crippen LogP contribution is -2.23. The predicted octanol–water partition coefficient (Wildman–Crippen LogP) is 2.99. The Morgan fingerprint density at radius 1 is 1.50 bits per heavy atom. The third-order valence-corrected chi connectivity index (χ3v) is 3.01. The van der Waals surface area contributed by atoms with Crippen molar-refractivity contribution in [3.05, 3.63) is 12.7 Å². The Hall–Kier alpha value is -0.390. The minimum atomic E-state index is 0.310. The van der Waals surface area contributed by atoms with E-state index in [-0.39, 0.29) is 0 Å². The molecule has 0 aliphatic carbocycles. The fourth-order valence-electron chi connectivity index (χ4n) is 0.904. The van der Waals surface area contributed by atoms with Crippen molar-refractivity contribution in [1.29, 1.82) is 0 Å². The van der Waals surface area contributed by atoms with Gasteiger partial charge in [-0.25, -0.2) is 0 Å². The van der Waals surface area contributed by atoms with Crippen LogP contribution in [0.15, 0.2) is 12.7 Å². The first-order valence-corrected chi connectivity index (χ1v) is 6.14. The first-order valence-electron chi connectivity index (χ1n) is 5.09. The summed E-state index contributed by atoms with van der Waals surface area (Å²) in [6, 6.07) is 0. The maximum absolute atomic E-state index is 3.71. The maximum atomic E-state index is 3.71. The van der Waals surface area contributed by atoms with E-state index in [1.807, 2.05) is 17.8 Å². The lowest BCUT2D eigenvalue weighted by Gasteiger charge is -2.17. The first kappa shape index (κ1) is 13.6. The van der Waals surface area contributed by atoms with Gasteiger partial charge >= 0.3 is 0 Å². The molecule has 0 rings (SSSR count).